The van der Waals surface area contributed by atoms with Crippen LogP contribution < -0.4 is 5.73 Å². The number of nitrogen functional groups attached to an aromatic ring is 1. The van der Waals surface area contributed by atoms with Crippen LogP contribution in [0.5, 0.6) is 0 Å². The highest BCUT2D eigenvalue weighted by Gasteiger charge is 2.18. The van der Waals surface area contributed by atoms with Gasteiger partial charge in [0.05, 0.1) is 35.6 Å². The number of aryl methyl sites for hydroxylation is 1. The number of ether oxygens (including phenoxy) is 1. The van der Waals surface area contributed by atoms with Crippen molar-refractivity contribution in [3.8, 4) is 5.69 Å². The molecule has 0 atom stereocenters. The molecule has 0 bridgehead atoms. The highest BCUT2D eigenvalue weighted by molar-refractivity contribution is 5.91. The number of fused-ring (bicyclic) bond motifs is 1. The van der Waals surface area contributed by atoms with Gasteiger partial charge in [0.1, 0.15) is 0 Å². The number of anilines is 1. The molecule has 2 N–H and O–H groups in total. The number of hydrogen-bond acceptors (Lipinski definition) is 4. The highest BCUT2D eigenvalue weighted by atomic mass is 16.5. The number of carbonyl (C=O) groups is 1. The maximum Gasteiger partial charge on any atom is 0.338 e. The Bertz CT molecular complexity index is 676. The molecule has 0 radical (unpaired) electrons. The minimum Gasteiger partial charge on any atom is -0.462 e. The number of carbonyl (C=O) groups excluding carboxylic acids is 1. The predicted octanol–water partition coefficient (Wildman–Crippen LogP) is 2.51. The first-order chi connectivity index (χ1) is 10.2. The zero-order valence-electron chi connectivity index (χ0n) is 12.1. The van der Waals surface area contributed by atoms with Crippen molar-refractivity contribution in [1.82, 2.24) is 9.55 Å². The van der Waals surface area contributed by atoms with E-state index in [2.05, 4.69) is 4.98 Å². The van der Waals surface area contributed by atoms with E-state index in [1.165, 1.54) is 12.1 Å². The molecule has 1 aliphatic carbocycles. The minimum absolute atomic E-state index is 0.326. The highest BCUT2D eigenvalue weighted by Crippen LogP contribution is 2.26. The normalized spacial score (nSPS) is 13.8. The fourth-order valence-corrected chi connectivity index (χ4v) is 2.77. The fourth-order valence-electron chi connectivity index (χ4n) is 2.77. The summed E-state index contributed by atoms with van der Waals surface area (Å²) < 4.78 is 7.05. The summed E-state index contributed by atoms with van der Waals surface area (Å²) in [6.07, 6.45) is 6.16. The molecule has 3 rings (SSSR count). The van der Waals surface area contributed by atoms with Gasteiger partial charge in [-0.05, 0) is 50.8 Å². The maximum absolute atomic E-state index is 11.9. The Morgan fingerprint density at radius 2 is 2.19 bits per heavy atom. The first kappa shape index (κ1) is 13.7. The van der Waals surface area contributed by atoms with E-state index in [4.69, 9.17) is 10.5 Å². The van der Waals surface area contributed by atoms with E-state index in [0.717, 1.165) is 30.6 Å². The van der Waals surface area contributed by atoms with Crippen LogP contribution in [0.3, 0.4) is 0 Å². The molecule has 110 valence electrons. The van der Waals surface area contributed by atoms with Gasteiger partial charge in [0.25, 0.3) is 0 Å². The summed E-state index contributed by atoms with van der Waals surface area (Å²) >= 11 is 0. The molecule has 5 heteroatoms. The van der Waals surface area contributed by atoms with E-state index in [1.807, 2.05) is 4.57 Å². The van der Waals surface area contributed by atoms with Crippen molar-refractivity contribution >= 4 is 11.7 Å². The third-order valence-electron chi connectivity index (χ3n) is 3.83. The summed E-state index contributed by atoms with van der Waals surface area (Å²) in [4.78, 5) is 16.4. The van der Waals surface area contributed by atoms with Gasteiger partial charge < -0.3 is 15.0 Å². The number of benzene rings is 1. The van der Waals surface area contributed by atoms with Crippen LogP contribution in [0.2, 0.25) is 0 Å². The number of esters is 1. The van der Waals surface area contributed by atoms with Gasteiger partial charge in [0.15, 0.2) is 0 Å². The summed E-state index contributed by atoms with van der Waals surface area (Å²) in [7, 11) is 0. The number of imidazole rings is 1. The summed E-state index contributed by atoms with van der Waals surface area (Å²) in [6, 6.07) is 5.22. The van der Waals surface area contributed by atoms with Gasteiger partial charge in [-0.3, -0.25) is 0 Å². The molecule has 1 aliphatic rings. The maximum atomic E-state index is 11.9. The summed E-state index contributed by atoms with van der Waals surface area (Å²) in [5, 5.41) is 0. The van der Waals surface area contributed by atoms with Gasteiger partial charge in [-0.15, -0.1) is 0 Å². The molecular formula is C16H19N3O2. The first-order valence-electron chi connectivity index (χ1n) is 7.33. The lowest BCUT2D eigenvalue weighted by Gasteiger charge is -2.16. The van der Waals surface area contributed by atoms with Crippen LogP contribution in [0.15, 0.2) is 24.5 Å². The average Bonchev–Trinajstić information content (AvgIpc) is 2.92. The summed E-state index contributed by atoms with van der Waals surface area (Å²) in [6.45, 7) is 2.15. The molecule has 21 heavy (non-hydrogen) atoms. The molecule has 0 saturated carbocycles. The second-order valence-corrected chi connectivity index (χ2v) is 5.21. The Morgan fingerprint density at radius 1 is 1.38 bits per heavy atom. The van der Waals surface area contributed by atoms with Gasteiger partial charge in [-0.1, -0.05) is 0 Å². The molecule has 0 unspecified atom stereocenters. The van der Waals surface area contributed by atoms with Crippen LogP contribution in [0.4, 0.5) is 5.69 Å². The van der Waals surface area contributed by atoms with Gasteiger partial charge in [0.2, 0.25) is 0 Å². The van der Waals surface area contributed by atoms with Crippen LogP contribution in [0, 0.1) is 0 Å². The largest absolute Gasteiger partial charge is 0.462 e. The monoisotopic (exact) mass is 285 g/mol. The van der Waals surface area contributed by atoms with Crippen molar-refractivity contribution in [2.45, 2.75) is 32.6 Å². The molecule has 1 aromatic carbocycles. The Morgan fingerprint density at radius 3 is 3.00 bits per heavy atom. The van der Waals surface area contributed by atoms with Crippen molar-refractivity contribution < 1.29 is 9.53 Å². The molecular weight excluding hydrogens is 266 g/mol. The van der Waals surface area contributed by atoms with Crippen LogP contribution in [0.25, 0.3) is 5.69 Å². The van der Waals surface area contributed by atoms with Crippen LogP contribution in [0.1, 0.15) is 41.5 Å². The standard InChI is InChI=1S/C16H19N3O2/c1-2-21-16(20)11-7-8-12(17)15(9-11)19-10-18-13-5-3-4-6-14(13)19/h7-10H,2-6,17H2,1H3. The number of hydrogen-bond donors (Lipinski definition) is 1. The molecule has 0 fully saturated rings. The molecule has 2 aromatic rings. The molecule has 5 nitrogen and oxygen atoms in total. The molecule has 1 aromatic heterocycles. The second-order valence-electron chi connectivity index (χ2n) is 5.21. The van der Waals surface area contributed by atoms with E-state index in [9.17, 15) is 4.79 Å². The number of aromatic nitrogens is 2. The van der Waals surface area contributed by atoms with Crippen molar-refractivity contribution in [2.24, 2.45) is 0 Å². The Kier molecular flexibility index (Phi) is 3.64. The average molecular weight is 285 g/mol. The number of rotatable bonds is 3. The Labute approximate surface area is 123 Å². The van der Waals surface area contributed by atoms with Gasteiger partial charge in [-0.25, -0.2) is 9.78 Å². The Hall–Kier alpha value is -2.30. The van der Waals surface area contributed by atoms with Crippen LogP contribution in [-0.4, -0.2) is 22.1 Å². The second kappa shape index (κ2) is 5.60. The van der Waals surface area contributed by atoms with Crippen molar-refractivity contribution in [2.75, 3.05) is 12.3 Å². The molecule has 0 amide bonds. The predicted molar refractivity (Wildman–Crippen MR) is 80.6 cm³/mol. The van der Waals surface area contributed by atoms with Crippen molar-refractivity contribution in [3.05, 3.63) is 41.5 Å². The smallest absolute Gasteiger partial charge is 0.338 e. The quantitative estimate of drug-likeness (QED) is 0.695. The topological polar surface area (TPSA) is 70.1 Å². The van der Waals surface area contributed by atoms with Gasteiger partial charge in [0, 0.05) is 5.69 Å². The zero-order chi connectivity index (χ0) is 14.8. The van der Waals surface area contributed by atoms with Crippen molar-refractivity contribution in [3.63, 3.8) is 0 Å². The number of nitrogens with zero attached hydrogens (tertiary/aromatic N) is 2. The summed E-state index contributed by atoms with van der Waals surface area (Å²) in [5.41, 5.74) is 10.4. The molecule has 1 heterocycles. The lowest BCUT2D eigenvalue weighted by molar-refractivity contribution is 0.0526. The van der Waals surface area contributed by atoms with Gasteiger partial charge >= 0.3 is 5.97 Å². The number of nitrogens with two attached hydrogens (primary N) is 1. The van der Waals surface area contributed by atoms with E-state index in [0.29, 0.717) is 17.9 Å². The Balaban J connectivity index is 2.03. The lowest BCUT2D eigenvalue weighted by Crippen LogP contribution is -2.10. The first-order valence-corrected chi connectivity index (χ1v) is 7.33. The zero-order valence-corrected chi connectivity index (χ0v) is 12.1. The van der Waals surface area contributed by atoms with E-state index >= 15 is 0 Å². The molecule has 0 aliphatic heterocycles. The van der Waals surface area contributed by atoms with E-state index in [-0.39, 0.29) is 5.97 Å². The lowest BCUT2D eigenvalue weighted by atomic mass is 10.0. The molecule has 0 saturated heterocycles. The third kappa shape index (κ3) is 2.51. The van der Waals surface area contributed by atoms with Crippen LogP contribution >= 0.6 is 0 Å². The fraction of sp³-hybridized carbons (Fsp3) is 0.375. The van der Waals surface area contributed by atoms with E-state index in [1.54, 1.807) is 31.5 Å². The SMILES string of the molecule is CCOC(=O)c1ccc(N)c(-n2cnc3c2CCCC3)c1. The van der Waals surface area contributed by atoms with Gasteiger partial charge in [-0.2, -0.15) is 0 Å². The summed E-state index contributed by atoms with van der Waals surface area (Å²) in [5.74, 6) is -0.326. The van der Waals surface area contributed by atoms with Crippen molar-refractivity contribution in [1.29, 1.82) is 0 Å². The van der Waals surface area contributed by atoms with Crippen LogP contribution in [-0.2, 0) is 17.6 Å². The minimum atomic E-state index is -0.326. The molecule has 0 spiro atoms. The van der Waals surface area contributed by atoms with E-state index < -0.39 is 0 Å². The third-order valence-corrected chi connectivity index (χ3v) is 3.83.